The lowest BCUT2D eigenvalue weighted by Gasteiger charge is -2.17. The van der Waals surface area contributed by atoms with Gasteiger partial charge in [-0.1, -0.05) is 6.92 Å². The molecule has 2 rings (SSSR count). The van der Waals surface area contributed by atoms with Gasteiger partial charge in [0.2, 0.25) is 0 Å². The molecule has 0 saturated heterocycles. The van der Waals surface area contributed by atoms with Crippen LogP contribution in [0.2, 0.25) is 0 Å². The van der Waals surface area contributed by atoms with Gasteiger partial charge in [0.25, 0.3) is 0 Å². The summed E-state index contributed by atoms with van der Waals surface area (Å²) >= 11 is 10.8. The summed E-state index contributed by atoms with van der Waals surface area (Å²) in [5.74, 6) is 0. The molecule has 0 aliphatic carbocycles. The van der Waals surface area contributed by atoms with Crippen LogP contribution in [-0.4, -0.2) is 6.54 Å². The van der Waals surface area contributed by atoms with E-state index >= 15 is 0 Å². The third-order valence-corrected chi connectivity index (χ3v) is 6.15. The first-order valence-electron chi connectivity index (χ1n) is 5.42. The lowest BCUT2D eigenvalue weighted by Crippen LogP contribution is -2.22. The van der Waals surface area contributed by atoms with Crippen LogP contribution in [-0.2, 0) is 0 Å². The zero-order valence-corrected chi connectivity index (χ0v) is 14.2. The first kappa shape index (κ1) is 13.7. The normalized spacial score (nSPS) is 12.9. The number of halogens is 2. The van der Waals surface area contributed by atoms with Gasteiger partial charge >= 0.3 is 0 Å². The Bertz CT molecular complexity index is 438. The minimum absolute atomic E-state index is 0.282. The molecule has 0 spiro atoms. The van der Waals surface area contributed by atoms with Gasteiger partial charge in [0, 0.05) is 19.2 Å². The highest BCUT2D eigenvalue weighted by molar-refractivity contribution is 9.11. The van der Waals surface area contributed by atoms with Crippen molar-refractivity contribution in [1.82, 2.24) is 5.32 Å². The summed E-state index contributed by atoms with van der Waals surface area (Å²) in [5, 5.41) is 10.1. The topological polar surface area (TPSA) is 12.0 Å². The Morgan fingerprint density at radius 1 is 1.29 bits per heavy atom. The van der Waals surface area contributed by atoms with Crippen LogP contribution in [0.25, 0.3) is 0 Å². The van der Waals surface area contributed by atoms with E-state index in [-0.39, 0.29) is 6.04 Å². The van der Waals surface area contributed by atoms with Gasteiger partial charge in [-0.3, -0.25) is 0 Å². The Balaban J connectivity index is 2.32. The number of nitrogens with one attached hydrogen (secondary N) is 1. The second kappa shape index (κ2) is 6.48. The molecule has 2 heterocycles. The minimum Gasteiger partial charge on any atom is -0.306 e. The average Bonchev–Trinajstić information content (AvgIpc) is 2.90. The number of hydrogen-bond acceptors (Lipinski definition) is 3. The van der Waals surface area contributed by atoms with Gasteiger partial charge in [-0.15, -0.1) is 11.3 Å². The maximum Gasteiger partial charge on any atom is 0.0701 e. The Hall–Kier alpha value is 0.320. The molecule has 2 aromatic rings. The maximum absolute atomic E-state index is 3.63. The van der Waals surface area contributed by atoms with Gasteiger partial charge in [-0.2, -0.15) is 11.3 Å². The second-order valence-electron chi connectivity index (χ2n) is 3.69. The van der Waals surface area contributed by atoms with E-state index in [0.29, 0.717) is 0 Å². The molecule has 0 aliphatic rings. The molecule has 2 aromatic heterocycles. The van der Waals surface area contributed by atoms with Gasteiger partial charge in [0.05, 0.1) is 6.04 Å². The predicted octanol–water partition coefficient (Wildman–Crippen LogP) is 5.42. The van der Waals surface area contributed by atoms with Crippen LogP contribution in [0.4, 0.5) is 0 Å². The highest BCUT2D eigenvalue weighted by atomic mass is 79.9. The lowest BCUT2D eigenvalue weighted by atomic mass is 10.1. The minimum atomic E-state index is 0.282. The van der Waals surface area contributed by atoms with Crippen LogP contribution in [0.3, 0.4) is 0 Å². The first-order chi connectivity index (χ1) is 8.24. The SMILES string of the molecule is CCCNC(c1cscc1Br)c1sccc1Br. The molecule has 5 heteroatoms. The van der Waals surface area contributed by atoms with Crippen molar-refractivity contribution in [3.63, 3.8) is 0 Å². The van der Waals surface area contributed by atoms with Crippen LogP contribution >= 0.6 is 54.5 Å². The van der Waals surface area contributed by atoms with E-state index in [9.17, 15) is 0 Å². The third kappa shape index (κ3) is 3.20. The molecular formula is C12H13Br2NS2. The van der Waals surface area contributed by atoms with Crippen LogP contribution in [0.1, 0.15) is 29.8 Å². The van der Waals surface area contributed by atoms with Gasteiger partial charge in [0.15, 0.2) is 0 Å². The summed E-state index contributed by atoms with van der Waals surface area (Å²) in [6, 6.07) is 2.39. The van der Waals surface area contributed by atoms with Crippen molar-refractivity contribution in [3.8, 4) is 0 Å². The monoisotopic (exact) mass is 393 g/mol. The van der Waals surface area contributed by atoms with E-state index in [1.807, 2.05) is 0 Å². The fourth-order valence-electron chi connectivity index (χ4n) is 1.64. The first-order valence-corrected chi connectivity index (χ1v) is 8.82. The molecule has 0 fully saturated rings. The molecule has 0 amide bonds. The van der Waals surface area contributed by atoms with Crippen molar-refractivity contribution in [1.29, 1.82) is 0 Å². The molecule has 1 N–H and O–H groups in total. The Labute approximate surface area is 127 Å². The van der Waals surface area contributed by atoms with Crippen LogP contribution in [0, 0.1) is 0 Å². The third-order valence-electron chi connectivity index (χ3n) is 2.46. The number of thiophene rings is 2. The van der Waals surface area contributed by atoms with Gasteiger partial charge in [-0.05, 0) is 67.2 Å². The largest absolute Gasteiger partial charge is 0.306 e. The van der Waals surface area contributed by atoms with Crippen molar-refractivity contribution in [2.75, 3.05) is 6.54 Å². The van der Waals surface area contributed by atoms with Crippen molar-refractivity contribution < 1.29 is 0 Å². The molecule has 1 nitrogen and oxygen atoms in total. The fraction of sp³-hybridized carbons (Fsp3) is 0.333. The van der Waals surface area contributed by atoms with E-state index in [1.165, 1.54) is 19.4 Å². The Morgan fingerprint density at radius 2 is 2.12 bits per heavy atom. The molecule has 0 aliphatic heterocycles. The van der Waals surface area contributed by atoms with Crippen LogP contribution < -0.4 is 5.32 Å². The predicted molar refractivity (Wildman–Crippen MR) is 84.2 cm³/mol. The summed E-state index contributed by atoms with van der Waals surface area (Å²) < 4.78 is 2.38. The second-order valence-corrected chi connectivity index (χ2v) is 7.09. The summed E-state index contributed by atoms with van der Waals surface area (Å²) in [6.45, 7) is 3.22. The summed E-state index contributed by atoms with van der Waals surface area (Å²) in [6.07, 6.45) is 1.14. The van der Waals surface area contributed by atoms with E-state index in [4.69, 9.17) is 0 Å². The van der Waals surface area contributed by atoms with Crippen molar-refractivity contribution in [2.45, 2.75) is 19.4 Å². The molecule has 1 atom stereocenters. The lowest BCUT2D eigenvalue weighted by molar-refractivity contribution is 0.604. The van der Waals surface area contributed by atoms with Gasteiger partial charge < -0.3 is 5.32 Å². The number of hydrogen-bond donors (Lipinski definition) is 1. The standard InChI is InChI=1S/C12H13Br2NS2/c1-2-4-15-11(8-6-16-7-10(8)14)12-9(13)3-5-17-12/h3,5-7,11,15H,2,4H2,1H3. The summed E-state index contributed by atoms with van der Waals surface area (Å²) in [4.78, 5) is 1.34. The molecule has 92 valence electrons. The van der Waals surface area contributed by atoms with E-state index in [2.05, 4.69) is 66.3 Å². The zero-order valence-electron chi connectivity index (χ0n) is 9.37. The summed E-state index contributed by atoms with van der Waals surface area (Å²) in [7, 11) is 0. The molecule has 0 radical (unpaired) electrons. The molecule has 0 bridgehead atoms. The quantitative estimate of drug-likeness (QED) is 0.713. The number of rotatable bonds is 5. The molecule has 1 unspecified atom stereocenters. The highest BCUT2D eigenvalue weighted by Gasteiger charge is 2.20. The Morgan fingerprint density at radius 3 is 2.65 bits per heavy atom. The molecule has 0 saturated carbocycles. The van der Waals surface area contributed by atoms with Crippen molar-refractivity contribution in [3.05, 3.63) is 41.6 Å². The molecule has 0 aromatic carbocycles. The maximum atomic E-state index is 3.63. The smallest absolute Gasteiger partial charge is 0.0701 e. The summed E-state index contributed by atoms with van der Waals surface area (Å²) in [5.41, 5.74) is 1.33. The van der Waals surface area contributed by atoms with E-state index in [0.717, 1.165) is 13.0 Å². The Kier molecular flexibility index (Phi) is 5.24. The van der Waals surface area contributed by atoms with Gasteiger partial charge in [0.1, 0.15) is 0 Å². The van der Waals surface area contributed by atoms with Crippen LogP contribution in [0.5, 0.6) is 0 Å². The van der Waals surface area contributed by atoms with E-state index < -0.39 is 0 Å². The van der Waals surface area contributed by atoms with E-state index in [1.54, 1.807) is 22.7 Å². The molecular weight excluding hydrogens is 382 g/mol. The average molecular weight is 395 g/mol. The van der Waals surface area contributed by atoms with Crippen molar-refractivity contribution >= 4 is 54.5 Å². The van der Waals surface area contributed by atoms with Crippen molar-refractivity contribution in [2.24, 2.45) is 0 Å². The van der Waals surface area contributed by atoms with Crippen LogP contribution in [0.15, 0.2) is 31.2 Å². The zero-order chi connectivity index (χ0) is 12.3. The highest BCUT2D eigenvalue weighted by Crippen LogP contribution is 2.37. The molecule has 17 heavy (non-hydrogen) atoms. The fourth-order valence-corrected chi connectivity index (χ4v) is 4.89. The van der Waals surface area contributed by atoms with Gasteiger partial charge in [-0.25, -0.2) is 0 Å².